The van der Waals surface area contributed by atoms with Crippen LogP contribution in [0.25, 0.3) is 5.95 Å². The zero-order valence-corrected chi connectivity index (χ0v) is 18.5. The Morgan fingerprint density at radius 3 is 2.65 bits per heavy atom. The third-order valence-corrected chi connectivity index (χ3v) is 5.31. The highest BCUT2D eigenvalue weighted by Gasteiger charge is 2.20. The second kappa shape index (κ2) is 9.99. The van der Waals surface area contributed by atoms with Crippen molar-refractivity contribution in [2.75, 3.05) is 29.6 Å². The number of rotatable bonds is 9. The Balaban J connectivity index is 1.72. The molecule has 1 amide bonds. The van der Waals surface area contributed by atoms with Crippen LogP contribution in [0.1, 0.15) is 24.7 Å². The van der Waals surface area contributed by atoms with Crippen molar-refractivity contribution in [2.45, 2.75) is 32.3 Å². The van der Waals surface area contributed by atoms with Crippen molar-refractivity contribution in [2.24, 2.45) is 0 Å². The van der Waals surface area contributed by atoms with Crippen molar-refractivity contribution < 1.29 is 9.53 Å². The zero-order chi connectivity index (χ0) is 22.4. The highest BCUT2D eigenvalue weighted by atomic mass is 32.2. The largest absolute Gasteiger partial charge is 0.494 e. The quantitative estimate of drug-likeness (QED) is 0.396. The minimum absolute atomic E-state index is 0.0884. The van der Waals surface area contributed by atoms with E-state index < -0.39 is 0 Å². The molecule has 3 rings (SSSR count). The second-order valence-electron chi connectivity index (χ2n) is 6.66. The molecule has 2 N–H and O–H groups in total. The summed E-state index contributed by atoms with van der Waals surface area (Å²) in [6.45, 7) is 6.54. The number of nitrogen functional groups attached to an aromatic ring is 1. The Kier molecular flexibility index (Phi) is 7.15. The monoisotopic (exact) mass is 440 g/mol. The molecule has 10 nitrogen and oxygen atoms in total. The van der Waals surface area contributed by atoms with Crippen LogP contribution in [0, 0.1) is 25.2 Å². The molecular formula is C20H24N8O2S. The summed E-state index contributed by atoms with van der Waals surface area (Å²) in [7, 11) is 0. The molecule has 0 unspecified atom stereocenters. The summed E-state index contributed by atoms with van der Waals surface area (Å²) in [5.41, 5.74) is 2.41. The van der Waals surface area contributed by atoms with Gasteiger partial charge in [-0.25, -0.2) is 9.36 Å². The zero-order valence-electron chi connectivity index (χ0n) is 17.6. The molecule has 1 aromatic carbocycles. The van der Waals surface area contributed by atoms with E-state index >= 15 is 0 Å². The van der Waals surface area contributed by atoms with Crippen LogP contribution in [0.5, 0.6) is 5.75 Å². The van der Waals surface area contributed by atoms with E-state index in [1.54, 1.807) is 33.8 Å². The normalized spacial score (nSPS) is 10.6. The molecule has 31 heavy (non-hydrogen) atoms. The maximum atomic E-state index is 12.9. The summed E-state index contributed by atoms with van der Waals surface area (Å²) >= 11 is 1.18. The van der Waals surface area contributed by atoms with Gasteiger partial charge in [-0.2, -0.15) is 10.4 Å². The van der Waals surface area contributed by atoms with Gasteiger partial charge >= 0.3 is 0 Å². The van der Waals surface area contributed by atoms with E-state index in [2.05, 4.69) is 21.4 Å². The highest BCUT2D eigenvalue weighted by molar-refractivity contribution is 7.99. The molecule has 0 saturated carbocycles. The summed E-state index contributed by atoms with van der Waals surface area (Å²) in [5, 5.41) is 21.9. The number of ether oxygens (including phenoxy) is 1. The number of hydrogen-bond acceptors (Lipinski definition) is 8. The average molecular weight is 441 g/mol. The van der Waals surface area contributed by atoms with Crippen LogP contribution >= 0.6 is 11.8 Å². The lowest BCUT2D eigenvalue weighted by atomic mass is 10.2. The van der Waals surface area contributed by atoms with Gasteiger partial charge in [0.15, 0.2) is 0 Å². The van der Waals surface area contributed by atoms with Crippen molar-refractivity contribution in [3.8, 4) is 17.8 Å². The lowest BCUT2D eigenvalue weighted by molar-refractivity contribution is -0.116. The highest BCUT2D eigenvalue weighted by Crippen LogP contribution is 2.23. The Labute approximate surface area is 184 Å². The Morgan fingerprint density at radius 2 is 2.03 bits per heavy atom. The van der Waals surface area contributed by atoms with E-state index in [-0.39, 0.29) is 24.6 Å². The summed E-state index contributed by atoms with van der Waals surface area (Å²) < 4.78 is 8.37. The van der Waals surface area contributed by atoms with E-state index in [4.69, 9.17) is 15.8 Å². The van der Waals surface area contributed by atoms with Gasteiger partial charge < -0.3 is 15.5 Å². The fourth-order valence-corrected chi connectivity index (χ4v) is 3.72. The number of amides is 1. The van der Waals surface area contributed by atoms with Gasteiger partial charge in [-0.1, -0.05) is 11.8 Å². The predicted molar refractivity (Wildman–Crippen MR) is 118 cm³/mol. The first-order valence-electron chi connectivity index (χ1n) is 9.71. The number of thioether (sulfide) groups is 1. The van der Waals surface area contributed by atoms with Crippen molar-refractivity contribution in [3.63, 3.8) is 0 Å². The van der Waals surface area contributed by atoms with E-state index in [0.29, 0.717) is 23.4 Å². The Hall–Kier alpha value is -3.52. The Bertz CT molecular complexity index is 1080. The molecule has 0 fully saturated rings. The van der Waals surface area contributed by atoms with Crippen molar-refractivity contribution in [3.05, 3.63) is 41.7 Å². The number of aromatic nitrogens is 5. The Morgan fingerprint density at radius 1 is 1.29 bits per heavy atom. The standard InChI is InChI=1S/C20H24N8O2S/c1-4-30-17-8-6-16(7-9-17)26(11-5-10-21)18(29)13-31-20-24-23-19(27(20)22)28-15(3)12-14(2)25-28/h6-9,12H,4-5,11,13,22H2,1-3H3. The lowest BCUT2D eigenvalue weighted by Crippen LogP contribution is -2.33. The van der Waals surface area contributed by atoms with Gasteiger partial charge in [0, 0.05) is 17.9 Å². The number of hydrogen-bond donors (Lipinski definition) is 1. The van der Waals surface area contributed by atoms with Crippen LogP contribution < -0.4 is 15.5 Å². The maximum absolute atomic E-state index is 12.9. The number of carbonyl (C=O) groups excluding carboxylic acids is 1. The molecule has 3 aromatic rings. The molecule has 0 spiro atoms. The number of carbonyl (C=O) groups is 1. The predicted octanol–water partition coefficient (Wildman–Crippen LogP) is 2.23. The number of nitrogens with two attached hydrogens (primary N) is 1. The number of aryl methyl sites for hydroxylation is 2. The molecule has 0 aliphatic carbocycles. The van der Waals surface area contributed by atoms with Gasteiger partial charge in [0.2, 0.25) is 11.1 Å². The number of anilines is 1. The topological polar surface area (TPSA) is 128 Å². The molecule has 162 valence electrons. The molecule has 0 aliphatic rings. The van der Waals surface area contributed by atoms with Gasteiger partial charge in [0.05, 0.1) is 30.5 Å². The van der Waals surface area contributed by atoms with Crippen molar-refractivity contribution in [1.29, 1.82) is 5.26 Å². The summed E-state index contributed by atoms with van der Waals surface area (Å²) in [6, 6.07) is 11.2. The van der Waals surface area contributed by atoms with E-state index in [1.807, 2.05) is 26.8 Å². The minimum Gasteiger partial charge on any atom is -0.494 e. The van der Waals surface area contributed by atoms with Crippen LogP contribution in [0.4, 0.5) is 5.69 Å². The molecule has 0 saturated heterocycles. The van der Waals surface area contributed by atoms with Gasteiger partial charge in [-0.3, -0.25) is 4.79 Å². The van der Waals surface area contributed by atoms with E-state index in [9.17, 15) is 4.79 Å². The second-order valence-corrected chi connectivity index (χ2v) is 7.60. The third kappa shape index (κ3) is 5.16. The van der Waals surface area contributed by atoms with Crippen molar-refractivity contribution >= 4 is 23.4 Å². The molecule has 0 aliphatic heterocycles. The van der Waals surface area contributed by atoms with Crippen molar-refractivity contribution in [1.82, 2.24) is 24.7 Å². The van der Waals surface area contributed by atoms with Crippen LogP contribution in [0.2, 0.25) is 0 Å². The number of nitriles is 1. The molecule has 0 atom stereocenters. The number of benzene rings is 1. The first-order valence-corrected chi connectivity index (χ1v) is 10.7. The molecule has 2 heterocycles. The minimum atomic E-state index is -0.167. The SMILES string of the molecule is CCOc1ccc(N(CCC#N)C(=O)CSc2nnc(-n3nc(C)cc3C)n2N)cc1. The number of nitrogens with zero attached hydrogens (tertiary/aromatic N) is 7. The lowest BCUT2D eigenvalue weighted by Gasteiger charge is -2.22. The molecule has 0 radical (unpaired) electrons. The maximum Gasteiger partial charge on any atom is 0.271 e. The third-order valence-electron chi connectivity index (χ3n) is 4.38. The average Bonchev–Trinajstić information content (AvgIpc) is 3.28. The van der Waals surface area contributed by atoms with Gasteiger partial charge in [0.25, 0.3) is 5.95 Å². The van der Waals surface area contributed by atoms with E-state index in [1.165, 1.54) is 16.4 Å². The first kappa shape index (κ1) is 22.2. The fourth-order valence-electron chi connectivity index (χ4n) is 3.00. The van der Waals surface area contributed by atoms with Gasteiger partial charge in [0.1, 0.15) is 5.75 Å². The summed E-state index contributed by atoms with van der Waals surface area (Å²) in [4.78, 5) is 14.5. The van der Waals surface area contributed by atoms with E-state index in [0.717, 1.165) is 17.1 Å². The van der Waals surface area contributed by atoms with Crippen LogP contribution in [0.3, 0.4) is 0 Å². The molecule has 0 bridgehead atoms. The van der Waals surface area contributed by atoms with Crippen LogP contribution in [-0.2, 0) is 4.79 Å². The fraction of sp³-hybridized carbons (Fsp3) is 0.350. The summed E-state index contributed by atoms with van der Waals surface area (Å²) in [5.74, 6) is 7.15. The molecular weight excluding hydrogens is 416 g/mol. The molecule has 2 aromatic heterocycles. The molecule has 11 heteroatoms. The smallest absolute Gasteiger partial charge is 0.271 e. The van der Waals surface area contributed by atoms with Crippen LogP contribution in [-0.4, -0.2) is 49.5 Å². The van der Waals surface area contributed by atoms with Gasteiger partial charge in [-0.15, -0.1) is 10.2 Å². The van der Waals surface area contributed by atoms with Gasteiger partial charge in [-0.05, 0) is 51.1 Å². The first-order chi connectivity index (χ1) is 14.9. The summed E-state index contributed by atoms with van der Waals surface area (Å²) in [6.07, 6.45) is 0.221. The van der Waals surface area contributed by atoms with Crippen LogP contribution in [0.15, 0.2) is 35.5 Å².